The van der Waals surface area contributed by atoms with Gasteiger partial charge in [-0.3, -0.25) is 19.1 Å². The minimum absolute atomic E-state index is 0.0443. The number of carbonyl (C=O) groups is 4. The number of alkyl carbamates (subject to hydrolysis) is 1. The molecule has 3 N–H and O–H groups in total. The van der Waals surface area contributed by atoms with Gasteiger partial charge in [0.2, 0.25) is 27.7 Å². The normalized spacial score (nSPS) is 29.2. The smallest absolute Gasteiger partial charge is 0.407 e. The fourth-order valence-corrected chi connectivity index (χ4v) is 8.00. The number of hydrogen-bond acceptors (Lipinski definition) is 9. The number of aryl methyl sites for hydroxylation is 1. The number of pyridine rings is 1. The topological polar surface area (TPSA) is 173 Å². The summed E-state index contributed by atoms with van der Waals surface area (Å²) < 4.78 is 39.3. The zero-order valence-electron chi connectivity index (χ0n) is 27.9. The number of ether oxygens (including phenoxy) is 2. The van der Waals surface area contributed by atoms with Gasteiger partial charge < -0.3 is 25.0 Å². The van der Waals surface area contributed by atoms with Crippen molar-refractivity contribution in [3.05, 3.63) is 23.9 Å². The van der Waals surface area contributed by atoms with Crippen LogP contribution in [0.15, 0.2) is 18.3 Å². The molecule has 3 fully saturated rings. The Labute approximate surface area is 277 Å². The number of sulfonamides is 1. The highest BCUT2D eigenvalue weighted by Crippen LogP contribution is 2.47. The van der Waals surface area contributed by atoms with Crippen LogP contribution in [-0.2, 0) is 35.6 Å². The Balaban J connectivity index is 1.43. The molecular weight excluding hydrogens is 626 g/mol. The first kappa shape index (κ1) is 34.9. The molecule has 0 radical (unpaired) electrons. The first-order valence-electron chi connectivity index (χ1n) is 17.0. The third kappa shape index (κ3) is 8.18. The molecule has 2 aliphatic heterocycles. The van der Waals surface area contributed by atoms with Crippen molar-refractivity contribution in [2.45, 2.75) is 127 Å². The highest BCUT2D eigenvalue weighted by Gasteiger charge is 2.62. The van der Waals surface area contributed by atoms with Crippen molar-refractivity contribution in [3.8, 4) is 5.88 Å². The van der Waals surface area contributed by atoms with Crippen molar-refractivity contribution in [1.82, 2.24) is 25.2 Å². The van der Waals surface area contributed by atoms with E-state index in [1.54, 1.807) is 6.20 Å². The van der Waals surface area contributed by atoms with E-state index >= 15 is 0 Å². The van der Waals surface area contributed by atoms with Crippen molar-refractivity contribution >= 4 is 33.8 Å². The van der Waals surface area contributed by atoms with Crippen LogP contribution in [0.4, 0.5) is 4.79 Å². The lowest BCUT2D eigenvalue weighted by atomic mass is 9.85. The Morgan fingerprint density at radius 2 is 1.85 bits per heavy atom. The van der Waals surface area contributed by atoms with Gasteiger partial charge in [0.15, 0.2) is 0 Å². The van der Waals surface area contributed by atoms with Crippen molar-refractivity contribution in [1.29, 1.82) is 0 Å². The van der Waals surface area contributed by atoms with Crippen LogP contribution in [0.3, 0.4) is 0 Å². The second-order valence-corrected chi connectivity index (χ2v) is 16.5. The molecule has 3 heterocycles. The summed E-state index contributed by atoms with van der Waals surface area (Å²) in [4.78, 5) is 60.5. The molecule has 5 atom stereocenters. The second-order valence-electron chi connectivity index (χ2n) is 14.5. The van der Waals surface area contributed by atoms with Crippen LogP contribution < -0.4 is 20.1 Å². The molecule has 1 aromatic heterocycles. The van der Waals surface area contributed by atoms with E-state index in [0.717, 1.165) is 37.7 Å². The van der Waals surface area contributed by atoms with Gasteiger partial charge in [-0.2, -0.15) is 0 Å². The fraction of sp³-hybridized carbons (Fsp3) is 0.727. The summed E-state index contributed by atoms with van der Waals surface area (Å²) in [5, 5.41) is 5.00. The van der Waals surface area contributed by atoms with Crippen LogP contribution in [0, 0.1) is 11.3 Å². The molecule has 4 amide bonds. The number of cyclic esters (lactones) is 1. The average molecular weight is 676 g/mol. The van der Waals surface area contributed by atoms with Gasteiger partial charge >= 0.3 is 6.09 Å². The Kier molecular flexibility index (Phi) is 10.4. The van der Waals surface area contributed by atoms with E-state index in [1.807, 2.05) is 39.8 Å². The molecule has 13 nitrogen and oxygen atoms in total. The molecule has 1 saturated heterocycles. The lowest BCUT2D eigenvalue weighted by Crippen LogP contribution is -2.60. The largest absolute Gasteiger partial charge is 0.472 e. The Hall–Kier alpha value is -3.42. The quantitative estimate of drug-likeness (QED) is 0.410. The number of nitrogens with zero attached hydrogens (tertiary/aromatic N) is 2. The van der Waals surface area contributed by atoms with Crippen molar-refractivity contribution in [3.63, 3.8) is 0 Å². The third-order valence-corrected chi connectivity index (χ3v) is 11.5. The molecular formula is C33H49N5O8S. The van der Waals surface area contributed by atoms with E-state index in [-0.39, 0.29) is 31.9 Å². The zero-order valence-corrected chi connectivity index (χ0v) is 28.7. The first-order valence-corrected chi connectivity index (χ1v) is 18.5. The third-order valence-electron chi connectivity index (χ3n) is 9.72. The van der Waals surface area contributed by atoms with Crippen LogP contribution in [0.5, 0.6) is 5.88 Å². The summed E-state index contributed by atoms with van der Waals surface area (Å²) in [5.74, 6) is -1.62. The van der Waals surface area contributed by atoms with Crippen LogP contribution in [-0.4, -0.2) is 84.2 Å². The van der Waals surface area contributed by atoms with Gasteiger partial charge in [-0.1, -0.05) is 59.4 Å². The van der Waals surface area contributed by atoms with E-state index in [9.17, 15) is 27.6 Å². The second kappa shape index (κ2) is 14.0. The highest BCUT2D eigenvalue weighted by atomic mass is 32.2. The lowest BCUT2D eigenvalue weighted by molar-refractivity contribution is -0.143. The van der Waals surface area contributed by atoms with Gasteiger partial charge in [-0.05, 0) is 55.9 Å². The van der Waals surface area contributed by atoms with E-state index in [0.29, 0.717) is 31.6 Å². The SMILES string of the molecule is CC[C@H]1C[C@@]1(NC(=O)[C@@H]1C[C@@H]2CN1C(=O)[C@H](C(C)(C)C)NC(=O)OCCCCCCCc1cccnc1O2)C(=O)NS(=O)(=O)C1CC1. The lowest BCUT2D eigenvalue weighted by Gasteiger charge is -2.35. The van der Waals surface area contributed by atoms with Crippen molar-refractivity contribution in [2.75, 3.05) is 13.2 Å². The summed E-state index contributed by atoms with van der Waals surface area (Å²) in [5.41, 5.74) is -1.20. The van der Waals surface area contributed by atoms with Crippen LogP contribution >= 0.6 is 0 Å². The molecule has 2 aliphatic carbocycles. The maximum absolute atomic E-state index is 14.3. The molecule has 0 unspecified atom stereocenters. The Morgan fingerprint density at radius 1 is 1.13 bits per heavy atom. The molecule has 47 heavy (non-hydrogen) atoms. The van der Waals surface area contributed by atoms with Gasteiger partial charge in [0.1, 0.15) is 23.7 Å². The molecule has 2 saturated carbocycles. The van der Waals surface area contributed by atoms with Crippen molar-refractivity contribution in [2.24, 2.45) is 11.3 Å². The number of hydrogen-bond donors (Lipinski definition) is 3. The highest BCUT2D eigenvalue weighted by molar-refractivity contribution is 7.91. The minimum atomic E-state index is -3.83. The summed E-state index contributed by atoms with van der Waals surface area (Å²) >= 11 is 0. The molecule has 1 aromatic rings. The first-order chi connectivity index (χ1) is 22.2. The number of rotatable bonds is 6. The Morgan fingerprint density at radius 3 is 2.53 bits per heavy atom. The van der Waals surface area contributed by atoms with Gasteiger partial charge in [0.05, 0.1) is 18.4 Å². The summed E-state index contributed by atoms with van der Waals surface area (Å²) in [6.07, 6.45) is 7.56. The van der Waals surface area contributed by atoms with Gasteiger partial charge in [0, 0.05) is 18.2 Å². The number of fused-ring (bicyclic) bond motifs is 3. The average Bonchev–Trinajstić information content (AvgIpc) is 3.93. The molecule has 14 heteroatoms. The zero-order chi connectivity index (χ0) is 34.0. The van der Waals surface area contributed by atoms with Crippen molar-refractivity contribution < 1.29 is 37.1 Å². The number of carbonyl (C=O) groups excluding carboxylic acids is 4. The minimum Gasteiger partial charge on any atom is -0.472 e. The van der Waals surface area contributed by atoms with Crippen LogP contribution in [0.25, 0.3) is 0 Å². The monoisotopic (exact) mass is 675 g/mol. The molecule has 260 valence electrons. The maximum atomic E-state index is 14.3. The summed E-state index contributed by atoms with van der Waals surface area (Å²) in [6.45, 7) is 7.60. The number of amides is 4. The molecule has 0 aromatic carbocycles. The van der Waals surface area contributed by atoms with Gasteiger partial charge in [0.25, 0.3) is 5.91 Å². The number of aromatic nitrogens is 1. The number of nitrogens with one attached hydrogen (secondary N) is 3. The maximum Gasteiger partial charge on any atom is 0.407 e. The predicted octanol–water partition coefficient (Wildman–Crippen LogP) is 2.97. The fourth-order valence-electron chi connectivity index (χ4n) is 6.64. The van der Waals surface area contributed by atoms with E-state index < -0.39 is 68.2 Å². The van der Waals surface area contributed by atoms with E-state index in [2.05, 4.69) is 20.3 Å². The molecule has 5 rings (SSSR count). The van der Waals surface area contributed by atoms with E-state index in [1.165, 1.54) is 4.90 Å². The van der Waals surface area contributed by atoms with Gasteiger partial charge in [-0.25, -0.2) is 18.2 Å². The molecule has 0 spiro atoms. The summed E-state index contributed by atoms with van der Waals surface area (Å²) in [6, 6.07) is 1.75. The van der Waals surface area contributed by atoms with Gasteiger partial charge in [-0.15, -0.1) is 0 Å². The standard InChI is InChI=1S/C33H49N5O8S/c1-5-22-19-33(22,30(41)37-47(43,44)24-14-15-24)36-27(39)25-18-23-20-38(25)29(40)26(32(2,3)4)35-31(42)45-17-10-8-6-7-9-12-21-13-11-16-34-28(21)46-23/h11,13,16,22-26H,5-10,12,14-15,17-20H2,1-4H3,(H,35,42)(H,36,39)(H,37,41)/t22-,23+,25-,26+,33-/m0/s1. The molecule has 2 bridgehead atoms. The summed E-state index contributed by atoms with van der Waals surface area (Å²) in [7, 11) is -3.83. The molecule has 4 aliphatic rings. The van der Waals surface area contributed by atoms with E-state index in [4.69, 9.17) is 9.47 Å². The van der Waals surface area contributed by atoms with Crippen LogP contribution in [0.2, 0.25) is 0 Å². The van der Waals surface area contributed by atoms with Crippen LogP contribution in [0.1, 0.15) is 97.5 Å². The predicted molar refractivity (Wildman–Crippen MR) is 173 cm³/mol. The Bertz CT molecular complexity index is 1460.